The predicted molar refractivity (Wildman–Crippen MR) is 74.6 cm³/mol. The van der Waals surface area contributed by atoms with E-state index in [0.717, 1.165) is 0 Å². The largest absolute Gasteiger partial charge is 0.573 e. The van der Waals surface area contributed by atoms with Gasteiger partial charge in [0.05, 0.1) is 12.1 Å². The van der Waals surface area contributed by atoms with Crippen LogP contribution in [0.2, 0.25) is 0 Å². The quantitative estimate of drug-likeness (QED) is 0.774. The number of nitrogens with one attached hydrogen (secondary N) is 2. The van der Waals surface area contributed by atoms with Crippen molar-refractivity contribution in [1.82, 2.24) is 10.6 Å². The van der Waals surface area contributed by atoms with Crippen LogP contribution in [0.1, 0.15) is 12.0 Å². The number of ether oxygens (including phenoxy) is 1. The molecule has 2 atom stereocenters. The summed E-state index contributed by atoms with van der Waals surface area (Å²) in [5, 5.41) is 14.7. The molecule has 1 aromatic carbocycles. The average molecular weight is 341 g/mol. The van der Waals surface area contributed by atoms with E-state index < -0.39 is 18.5 Å². The summed E-state index contributed by atoms with van der Waals surface area (Å²) in [7, 11) is 0. The topological polar surface area (TPSA) is 70.6 Å². The number of amides is 1. The highest BCUT2D eigenvalue weighted by molar-refractivity contribution is 5.85. The second-order valence-corrected chi connectivity index (χ2v) is 4.72. The summed E-state index contributed by atoms with van der Waals surface area (Å²) in [6, 6.07) is 5.07. The Balaban J connectivity index is 0.00000242. The second kappa shape index (κ2) is 7.66. The molecule has 2 rings (SSSR count). The van der Waals surface area contributed by atoms with Gasteiger partial charge < -0.3 is 20.5 Å². The monoisotopic (exact) mass is 340 g/mol. The number of hydrogen-bond acceptors (Lipinski definition) is 4. The maximum Gasteiger partial charge on any atom is 0.573 e. The number of rotatable bonds is 4. The zero-order chi connectivity index (χ0) is 15.5. The van der Waals surface area contributed by atoms with Crippen molar-refractivity contribution in [2.75, 3.05) is 6.54 Å². The maximum atomic E-state index is 12.3. The first-order chi connectivity index (χ1) is 9.85. The van der Waals surface area contributed by atoms with Gasteiger partial charge in [-0.25, -0.2) is 0 Å². The molecule has 2 unspecified atom stereocenters. The molecular formula is C13H16ClF3N2O3. The third kappa shape index (κ3) is 5.36. The number of halogens is 4. The fourth-order valence-electron chi connectivity index (χ4n) is 2.10. The molecule has 1 amide bonds. The lowest BCUT2D eigenvalue weighted by atomic mass is 10.1. The van der Waals surface area contributed by atoms with Gasteiger partial charge in [0.2, 0.25) is 5.91 Å². The van der Waals surface area contributed by atoms with E-state index in [1.54, 1.807) is 6.07 Å². The Morgan fingerprint density at radius 1 is 1.41 bits per heavy atom. The molecule has 0 saturated carbocycles. The highest BCUT2D eigenvalue weighted by Crippen LogP contribution is 2.26. The van der Waals surface area contributed by atoms with Crippen LogP contribution < -0.4 is 15.4 Å². The minimum Gasteiger partial charge on any atom is -0.405 e. The van der Waals surface area contributed by atoms with Crippen molar-refractivity contribution in [3.8, 4) is 5.75 Å². The van der Waals surface area contributed by atoms with E-state index in [1.165, 1.54) is 18.2 Å². The molecule has 1 heterocycles. The van der Waals surface area contributed by atoms with Crippen LogP contribution in [0, 0.1) is 0 Å². The zero-order valence-electron chi connectivity index (χ0n) is 11.4. The molecule has 1 saturated heterocycles. The number of carbonyl (C=O) groups is 1. The van der Waals surface area contributed by atoms with Crippen molar-refractivity contribution < 1.29 is 27.8 Å². The number of para-hydroxylation sites is 1. The molecule has 124 valence electrons. The van der Waals surface area contributed by atoms with Crippen LogP contribution in [0.25, 0.3) is 0 Å². The molecule has 1 aliphatic rings. The van der Waals surface area contributed by atoms with Crippen molar-refractivity contribution >= 4 is 18.3 Å². The number of β-amino-alcohol motifs (C(OH)–C–C–N with tert-alkyl or cyclic N) is 1. The van der Waals surface area contributed by atoms with Gasteiger partial charge >= 0.3 is 6.36 Å². The van der Waals surface area contributed by atoms with Gasteiger partial charge in [-0.15, -0.1) is 25.6 Å². The summed E-state index contributed by atoms with van der Waals surface area (Å²) in [6.45, 7) is 0.241. The molecule has 0 bridgehead atoms. The van der Waals surface area contributed by atoms with Crippen molar-refractivity contribution in [2.45, 2.75) is 31.5 Å². The lowest BCUT2D eigenvalue weighted by molar-refractivity contribution is -0.274. The maximum absolute atomic E-state index is 12.3. The normalized spacial score (nSPS) is 21.1. The SMILES string of the molecule is Cl.O=C(NCc1ccccc1OC(F)(F)F)C1CC(O)CN1. The van der Waals surface area contributed by atoms with E-state index >= 15 is 0 Å². The lowest BCUT2D eigenvalue weighted by Gasteiger charge is -2.15. The number of alkyl halides is 3. The fraction of sp³-hybridized carbons (Fsp3) is 0.462. The first-order valence-corrected chi connectivity index (χ1v) is 6.38. The third-order valence-electron chi connectivity index (χ3n) is 3.08. The summed E-state index contributed by atoms with van der Waals surface area (Å²) in [5.41, 5.74) is 0.224. The average Bonchev–Trinajstić information content (AvgIpc) is 2.82. The molecule has 5 nitrogen and oxygen atoms in total. The Hall–Kier alpha value is -1.51. The highest BCUT2D eigenvalue weighted by atomic mass is 35.5. The van der Waals surface area contributed by atoms with Gasteiger partial charge in [-0.2, -0.15) is 0 Å². The molecule has 0 aromatic heterocycles. The Kier molecular flexibility index (Phi) is 6.46. The van der Waals surface area contributed by atoms with Gasteiger partial charge in [0, 0.05) is 18.7 Å². The molecule has 0 aliphatic carbocycles. The Morgan fingerprint density at radius 3 is 2.68 bits per heavy atom. The summed E-state index contributed by atoms with van der Waals surface area (Å²) in [6.07, 6.45) is -5.08. The highest BCUT2D eigenvalue weighted by Gasteiger charge is 2.32. The molecule has 9 heteroatoms. The van der Waals surface area contributed by atoms with Crippen molar-refractivity contribution in [3.05, 3.63) is 29.8 Å². The zero-order valence-corrected chi connectivity index (χ0v) is 12.2. The summed E-state index contributed by atoms with van der Waals surface area (Å²) in [5.74, 6) is -0.710. The molecule has 3 N–H and O–H groups in total. The van der Waals surface area contributed by atoms with Crippen LogP contribution in [0.4, 0.5) is 13.2 Å². The van der Waals surface area contributed by atoms with E-state index in [4.69, 9.17) is 0 Å². The Morgan fingerprint density at radius 2 is 2.09 bits per heavy atom. The van der Waals surface area contributed by atoms with Gasteiger partial charge in [0.25, 0.3) is 0 Å². The third-order valence-corrected chi connectivity index (χ3v) is 3.08. The summed E-state index contributed by atoms with van der Waals surface area (Å²) < 4.78 is 40.7. The van der Waals surface area contributed by atoms with Gasteiger partial charge in [-0.1, -0.05) is 18.2 Å². The number of aliphatic hydroxyl groups is 1. The minimum absolute atomic E-state index is 0. The van der Waals surface area contributed by atoms with Gasteiger partial charge in [-0.05, 0) is 12.5 Å². The molecule has 1 aliphatic heterocycles. The lowest BCUT2D eigenvalue weighted by Crippen LogP contribution is -2.40. The van der Waals surface area contributed by atoms with Crippen molar-refractivity contribution in [3.63, 3.8) is 0 Å². The predicted octanol–water partition coefficient (Wildman–Crippen LogP) is 1.35. The molecule has 1 fully saturated rings. The smallest absolute Gasteiger partial charge is 0.405 e. The number of benzene rings is 1. The molecular weight excluding hydrogens is 325 g/mol. The standard InChI is InChI=1S/C13H15F3N2O3.ClH/c14-13(15,16)21-11-4-2-1-3-8(11)6-18-12(20)10-5-9(19)7-17-10;/h1-4,9-10,17,19H,5-7H2,(H,18,20);1H. The van der Waals surface area contributed by atoms with Crippen LogP contribution in [-0.2, 0) is 11.3 Å². The fourth-order valence-corrected chi connectivity index (χ4v) is 2.10. The van der Waals surface area contributed by atoms with Crippen molar-refractivity contribution in [2.24, 2.45) is 0 Å². The Bertz CT molecular complexity index is 514. The van der Waals surface area contributed by atoms with Crippen LogP contribution in [0.3, 0.4) is 0 Å². The Labute approximate surface area is 131 Å². The van der Waals surface area contributed by atoms with Crippen LogP contribution in [-0.4, -0.2) is 36.1 Å². The van der Waals surface area contributed by atoms with Gasteiger partial charge in [0.1, 0.15) is 5.75 Å². The van der Waals surface area contributed by atoms with E-state index in [0.29, 0.717) is 6.54 Å². The summed E-state index contributed by atoms with van der Waals surface area (Å²) >= 11 is 0. The number of aliphatic hydroxyl groups excluding tert-OH is 1. The van der Waals surface area contributed by atoms with Crippen LogP contribution in [0.15, 0.2) is 24.3 Å². The number of carbonyl (C=O) groups excluding carboxylic acids is 1. The molecule has 22 heavy (non-hydrogen) atoms. The molecule has 1 aromatic rings. The van der Waals surface area contributed by atoms with E-state index in [1.807, 2.05) is 0 Å². The van der Waals surface area contributed by atoms with Crippen LogP contribution >= 0.6 is 12.4 Å². The molecule has 0 spiro atoms. The van der Waals surface area contributed by atoms with E-state index in [2.05, 4.69) is 15.4 Å². The number of hydrogen-bond donors (Lipinski definition) is 3. The van der Waals surface area contributed by atoms with E-state index in [9.17, 15) is 23.1 Å². The molecule has 0 radical (unpaired) electrons. The first kappa shape index (κ1) is 18.5. The summed E-state index contributed by atoms with van der Waals surface area (Å²) in [4.78, 5) is 11.8. The van der Waals surface area contributed by atoms with Gasteiger partial charge in [-0.3, -0.25) is 4.79 Å². The second-order valence-electron chi connectivity index (χ2n) is 4.72. The minimum atomic E-state index is -4.78. The van der Waals surface area contributed by atoms with Crippen molar-refractivity contribution in [1.29, 1.82) is 0 Å². The van der Waals surface area contributed by atoms with Crippen LogP contribution in [0.5, 0.6) is 5.75 Å². The van der Waals surface area contributed by atoms with Gasteiger partial charge in [0.15, 0.2) is 0 Å². The first-order valence-electron chi connectivity index (χ1n) is 6.38. The van der Waals surface area contributed by atoms with E-state index in [-0.39, 0.29) is 42.6 Å².